The summed E-state index contributed by atoms with van der Waals surface area (Å²) in [6.45, 7) is 3.58. The van der Waals surface area contributed by atoms with Gasteiger partial charge in [0, 0.05) is 17.8 Å². The molecule has 2 saturated heterocycles. The van der Waals surface area contributed by atoms with Crippen molar-refractivity contribution >= 4 is 23.2 Å². The maximum Gasteiger partial charge on any atom is 0.262 e. The number of hydrogen-bond donors (Lipinski definition) is 3. The van der Waals surface area contributed by atoms with Crippen LogP contribution >= 0.6 is 0 Å². The summed E-state index contributed by atoms with van der Waals surface area (Å²) in [5.74, 6) is -3.45. The van der Waals surface area contributed by atoms with Gasteiger partial charge in [0.1, 0.15) is 0 Å². The summed E-state index contributed by atoms with van der Waals surface area (Å²) in [5.41, 5.74) is 1.95. The number of benzene rings is 1. The van der Waals surface area contributed by atoms with Gasteiger partial charge < -0.3 is 10.6 Å². The predicted molar refractivity (Wildman–Crippen MR) is 100 cm³/mol. The van der Waals surface area contributed by atoms with E-state index in [2.05, 4.69) is 20.9 Å². The quantitative estimate of drug-likeness (QED) is 0.733. The van der Waals surface area contributed by atoms with E-state index in [9.17, 15) is 18.4 Å². The molecule has 3 rings (SSSR count). The Labute approximate surface area is 157 Å². The first kappa shape index (κ1) is 19.7. The van der Waals surface area contributed by atoms with Crippen LogP contribution in [-0.2, 0) is 9.59 Å². The highest BCUT2D eigenvalue weighted by atomic mass is 19.3. The van der Waals surface area contributed by atoms with Crippen molar-refractivity contribution in [3.05, 3.63) is 23.8 Å². The summed E-state index contributed by atoms with van der Waals surface area (Å²) in [7, 11) is 0. The number of aryl methyl sites for hydroxylation is 1. The van der Waals surface area contributed by atoms with Crippen molar-refractivity contribution in [2.24, 2.45) is 0 Å². The standard InChI is InChI=1S/C19H26F2N4O2/c1-13-5-6-14(23-18(27)16-10-19(20,21)12-22-16)9-15(13)24-17(26)11-25-7-3-2-4-8-25/h5-6,9,16,22H,2-4,7-8,10-12H2,1H3,(H,23,27)(H,24,26). The van der Waals surface area contributed by atoms with Crippen LogP contribution in [0.1, 0.15) is 31.2 Å². The first-order valence-electron chi connectivity index (χ1n) is 9.37. The fourth-order valence-corrected chi connectivity index (χ4v) is 3.48. The fourth-order valence-electron chi connectivity index (χ4n) is 3.48. The molecule has 148 valence electrons. The Kier molecular flexibility index (Phi) is 6.06. The summed E-state index contributed by atoms with van der Waals surface area (Å²) >= 11 is 0. The molecular formula is C19H26F2N4O2. The summed E-state index contributed by atoms with van der Waals surface area (Å²) in [6, 6.07) is 4.22. The number of alkyl halides is 2. The first-order valence-corrected chi connectivity index (χ1v) is 9.37. The Morgan fingerprint density at radius 3 is 2.63 bits per heavy atom. The monoisotopic (exact) mass is 380 g/mol. The highest BCUT2D eigenvalue weighted by Crippen LogP contribution is 2.26. The minimum Gasteiger partial charge on any atom is -0.325 e. The van der Waals surface area contributed by atoms with Gasteiger partial charge in [-0.25, -0.2) is 8.78 Å². The number of nitrogens with one attached hydrogen (secondary N) is 3. The lowest BCUT2D eigenvalue weighted by atomic mass is 10.1. The van der Waals surface area contributed by atoms with Crippen LogP contribution < -0.4 is 16.0 Å². The number of piperidine rings is 1. The second-order valence-electron chi connectivity index (χ2n) is 7.40. The molecule has 2 fully saturated rings. The van der Waals surface area contributed by atoms with Crippen LogP contribution in [0.4, 0.5) is 20.2 Å². The highest BCUT2D eigenvalue weighted by Gasteiger charge is 2.42. The smallest absolute Gasteiger partial charge is 0.262 e. The van der Waals surface area contributed by atoms with Crippen LogP contribution in [0.3, 0.4) is 0 Å². The molecule has 1 atom stereocenters. The lowest BCUT2D eigenvalue weighted by Gasteiger charge is -2.25. The van der Waals surface area contributed by atoms with E-state index in [1.54, 1.807) is 18.2 Å². The van der Waals surface area contributed by atoms with E-state index in [-0.39, 0.29) is 5.91 Å². The van der Waals surface area contributed by atoms with E-state index >= 15 is 0 Å². The third kappa shape index (κ3) is 5.46. The molecule has 3 N–H and O–H groups in total. The zero-order valence-electron chi connectivity index (χ0n) is 15.5. The molecule has 0 aromatic heterocycles. The van der Waals surface area contributed by atoms with Crippen molar-refractivity contribution in [3.63, 3.8) is 0 Å². The summed E-state index contributed by atoms with van der Waals surface area (Å²) in [6.07, 6.45) is 2.93. The molecule has 1 unspecified atom stereocenters. The van der Waals surface area contributed by atoms with Crippen LogP contribution in [0.15, 0.2) is 18.2 Å². The largest absolute Gasteiger partial charge is 0.325 e. The number of rotatable bonds is 5. The predicted octanol–water partition coefficient (Wildman–Crippen LogP) is 2.36. The third-order valence-corrected chi connectivity index (χ3v) is 5.02. The van der Waals surface area contributed by atoms with Gasteiger partial charge in [0.25, 0.3) is 5.92 Å². The molecule has 27 heavy (non-hydrogen) atoms. The van der Waals surface area contributed by atoms with E-state index < -0.39 is 30.8 Å². The molecule has 6 nitrogen and oxygen atoms in total. The maximum atomic E-state index is 13.3. The number of anilines is 2. The van der Waals surface area contributed by atoms with Gasteiger partial charge in [-0.15, -0.1) is 0 Å². The average Bonchev–Trinajstić information content (AvgIpc) is 2.99. The van der Waals surface area contributed by atoms with E-state index in [0.29, 0.717) is 17.9 Å². The van der Waals surface area contributed by atoms with Crippen LogP contribution in [0.2, 0.25) is 0 Å². The van der Waals surface area contributed by atoms with Gasteiger partial charge in [-0.3, -0.25) is 19.8 Å². The minimum atomic E-state index is -2.86. The van der Waals surface area contributed by atoms with E-state index in [4.69, 9.17) is 0 Å². The molecule has 1 aromatic rings. The Morgan fingerprint density at radius 1 is 1.22 bits per heavy atom. The van der Waals surface area contributed by atoms with Gasteiger partial charge in [-0.05, 0) is 50.6 Å². The van der Waals surface area contributed by atoms with Gasteiger partial charge in [-0.1, -0.05) is 12.5 Å². The molecule has 0 spiro atoms. The number of carbonyl (C=O) groups is 2. The lowest BCUT2D eigenvalue weighted by Crippen LogP contribution is -2.37. The van der Waals surface area contributed by atoms with Crippen molar-refractivity contribution in [1.82, 2.24) is 10.2 Å². The normalized spacial score (nSPS) is 22.4. The van der Waals surface area contributed by atoms with Crippen molar-refractivity contribution < 1.29 is 18.4 Å². The number of amides is 2. The summed E-state index contributed by atoms with van der Waals surface area (Å²) < 4.78 is 26.5. The van der Waals surface area contributed by atoms with Crippen molar-refractivity contribution in [2.45, 2.75) is 44.6 Å². The van der Waals surface area contributed by atoms with Crippen LogP contribution in [0.5, 0.6) is 0 Å². The molecule has 2 aliphatic heterocycles. The third-order valence-electron chi connectivity index (χ3n) is 5.02. The number of halogens is 2. The molecule has 2 heterocycles. The molecule has 0 radical (unpaired) electrons. The molecule has 0 aliphatic carbocycles. The van der Waals surface area contributed by atoms with Gasteiger partial charge >= 0.3 is 0 Å². The van der Waals surface area contributed by atoms with E-state index in [1.165, 1.54) is 6.42 Å². The van der Waals surface area contributed by atoms with Crippen molar-refractivity contribution in [3.8, 4) is 0 Å². The Hall–Kier alpha value is -2.06. The second kappa shape index (κ2) is 8.31. The first-order chi connectivity index (χ1) is 12.8. The Balaban J connectivity index is 1.58. The molecular weight excluding hydrogens is 354 g/mol. The highest BCUT2D eigenvalue weighted by molar-refractivity contribution is 5.97. The Bertz CT molecular complexity index is 705. The number of carbonyl (C=O) groups excluding carboxylic acids is 2. The molecule has 0 bridgehead atoms. The van der Waals surface area contributed by atoms with Crippen molar-refractivity contribution in [2.75, 3.05) is 36.8 Å². The van der Waals surface area contributed by atoms with E-state index in [1.807, 2.05) is 6.92 Å². The van der Waals surface area contributed by atoms with E-state index in [0.717, 1.165) is 31.5 Å². The molecule has 2 amide bonds. The van der Waals surface area contributed by atoms with Gasteiger partial charge in [-0.2, -0.15) is 0 Å². The molecule has 0 saturated carbocycles. The minimum absolute atomic E-state index is 0.0967. The van der Waals surface area contributed by atoms with Crippen LogP contribution in [0.25, 0.3) is 0 Å². The second-order valence-corrected chi connectivity index (χ2v) is 7.40. The summed E-state index contributed by atoms with van der Waals surface area (Å²) in [4.78, 5) is 26.6. The molecule has 8 heteroatoms. The maximum absolute atomic E-state index is 13.3. The Morgan fingerprint density at radius 2 is 1.96 bits per heavy atom. The zero-order valence-corrected chi connectivity index (χ0v) is 15.5. The lowest BCUT2D eigenvalue weighted by molar-refractivity contribution is -0.118. The van der Waals surface area contributed by atoms with Crippen LogP contribution in [0, 0.1) is 6.92 Å². The van der Waals surface area contributed by atoms with Gasteiger partial charge in [0.15, 0.2) is 0 Å². The summed E-state index contributed by atoms with van der Waals surface area (Å²) in [5, 5.41) is 8.07. The SMILES string of the molecule is Cc1ccc(NC(=O)C2CC(F)(F)CN2)cc1NC(=O)CN1CCCCC1. The zero-order chi connectivity index (χ0) is 19.4. The number of hydrogen-bond acceptors (Lipinski definition) is 4. The van der Waals surface area contributed by atoms with Crippen molar-refractivity contribution in [1.29, 1.82) is 0 Å². The average molecular weight is 380 g/mol. The van der Waals surface area contributed by atoms with Gasteiger partial charge in [0.2, 0.25) is 11.8 Å². The number of nitrogens with zero attached hydrogens (tertiary/aromatic N) is 1. The molecule has 2 aliphatic rings. The van der Waals surface area contributed by atoms with Crippen LogP contribution in [-0.4, -0.2) is 54.9 Å². The topological polar surface area (TPSA) is 73.5 Å². The fraction of sp³-hybridized carbons (Fsp3) is 0.579. The number of likely N-dealkylation sites (tertiary alicyclic amines) is 1. The van der Waals surface area contributed by atoms with Gasteiger partial charge in [0.05, 0.1) is 19.1 Å². The molecule has 1 aromatic carbocycles.